The molecule has 0 N–H and O–H groups in total. The van der Waals surface area contributed by atoms with Crippen LogP contribution in [0.4, 0.5) is 0 Å². The van der Waals surface area contributed by atoms with Crippen molar-refractivity contribution in [1.82, 2.24) is 4.57 Å². The van der Waals surface area contributed by atoms with Gasteiger partial charge in [-0.05, 0) is 12.2 Å². The van der Waals surface area contributed by atoms with Gasteiger partial charge in [-0.2, -0.15) is 0 Å². The molecule has 0 amide bonds. The van der Waals surface area contributed by atoms with Gasteiger partial charge in [0, 0.05) is 17.0 Å². The van der Waals surface area contributed by atoms with Crippen LogP contribution in [0.5, 0.6) is 0 Å². The maximum Gasteiger partial charge on any atom is 0.237 e. The molecule has 0 aliphatic carbocycles. The van der Waals surface area contributed by atoms with Gasteiger partial charge in [0.25, 0.3) is 0 Å². The van der Waals surface area contributed by atoms with Crippen molar-refractivity contribution in [2.45, 2.75) is 20.8 Å². The van der Waals surface area contributed by atoms with E-state index in [1.54, 1.807) is 6.20 Å². The molecule has 0 radical (unpaired) electrons. The zero-order chi connectivity index (χ0) is 9.35. The van der Waals surface area contributed by atoms with Gasteiger partial charge in [0.2, 0.25) is 5.91 Å². The predicted octanol–water partition coefficient (Wildman–Crippen LogP) is 2.97. The molecule has 2 nitrogen and oxygen atoms in total. The maximum atomic E-state index is 11.7. The quantitative estimate of drug-likeness (QED) is 0.602. The topological polar surface area (TPSA) is 22.0 Å². The smallest absolute Gasteiger partial charge is 0.237 e. The number of aromatic nitrogens is 1. The van der Waals surface area contributed by atoms with Crippen molar-refractivity contribution in [2.24, 2.45) is 5.41 Å². The van der Waals surface area contributed by atoms with Crippen LogP contribution in [-0.2, 0) is 0 Å². The highest BCUT2D eigenvalue weighted by molar-refractivity contribution is 7.73. The van der Waals surface area contributed by atoms with Crippen molar-refractivity contribution in [3.05, 3.63) is 15.5 Å². The molecule has 0 aromatic carbocycles. The number of carbonyl (C=O) groups is 1. The molecule has 1 aromatic heterocycles. The molecule has 12 heavy (non-hydrogen) atoms. The lowest BCUT2D eigenvalue weighted by atomic mass is 9.96. The molecular weight excluding hydrogens is 190 g/mol. The van der Waals surface area contributed by atoms with Crippen LogP contribution >= 0.6 is 23.6 Å². The molecular formula is C8H11NOS2. The highest BCUT2D eigenvalue weighted by atomic mass is 32.1. The molecule has 0 aliphatic heterocycles. The summed E-state index contributed by atoms with van der Waals surface area (Å²) in [5, 5.41) is 1.83. The van der Waals surface area contributed by atoms with Crippen molar-refractivity contribution in [3.8, 4) is 0 Å². The lowest BCUT2D eigenvalue weighted by Crippen LogP contribution is -2.25. The Morgan fingerprint density at radius 2 is 2.17 bits per heavy atom. The molecule has 0 atom stereocenters. The fourth-order valence-electron chi connectivity index (χ4n) is 0.779. The molecule has 1 rings (SSSR count). The third-order valence-corrected chi connectivity index (χ3v) is 2.58. The molecule has 4 heteroatoms. The van der Waals surface area contributed by atoms with E-state index in [0.717, 1.165) is 0 Å². The predicted molar refractivity (Wildman–Crippen MR) is 53.2 cm³/mol. The van der Waals surface area contributed by atoms with Gasteiger partial charge in [-0.1, -0.05) is 20.8 Å². The van der Waals surface area contributed by atoms with Crippen LogP contribution in [0, 0.1) is 9.37 Å². The lowest BCUT2D eigenvalue weighted by molar-refractivity contribution is 0.0766. The second kappa shape index (κ2) is 3.11. The highest BCUT2D eigenvalue weighted by Crippen LogP contribution is 2.18. The second-order valence-electron chi connectivity index (χ2n) is 3.59. The third-order valence-electron chi connectivity index (χ3n) is 1.44. The summed E-state index contributed by atoms with van der Waals surface area (Å²) in [5.41, 5.74) is -0.362. The largest absolute Gasteiger partial charge is 0.273 e. The first-order chi connectivity index (χ1) is 5.43. The molecule has 0 fully saturated rings. The van der Waals surface area contributed by atoms with Gasteiger partial charge in [-0.25, -0.2) is 0 Å². The Hall–Kier alpha value is -0.480. The van der Waals surface area contributed by atoms with Crippen LogP contribution in [0.2, 0.25) is 0 Å². The summed E-state index contributed by atoms with van der Waals surface area (Å²) in [7, 11) is 0. The van der Waals surface area contributed by atoms with E-state index in [-0.39, 0.29) is 11.3 Å². The van der Waals surface area contributed by atoms with Crippen LogP contribution in [0.25, 0.3) is 0 Å². The van der Waals surface area contributed by atoms with E-state index in [9.17, 15) is 4.79 Å². The number of thiazole rings is 1. The Bertz CT molecular complexity index is 342. The summed E-state index contributed by atoms with van der Waals surface area (Å²) in [6, 6.07) is 0. The molecule has 0 aliphatic rings. The number of nitrogens with zero attached hydrogens (tertiary/aromatic N) is 1. The summed E-state index contributed by atoms with van der Waals surface area (Å²) in [4.78, 5) is 11.7. The molecule has 0 spiro atoms. The minimum atomic E-state index is -0.362. The Balaban J connectivity index is 3.10. The van der Waals surface area contributed by atoms with Crippen molar-refractivity contribution in [3.63, 3.8) is 0 Å². The lowest BCUT2D eigenvalue weighted by Gasteiger charge is -2.16. The molecule has 0 saturated heterocycles. The third kappa shape index (κ3) is 1.81. The first-order valence-corrected chi connectivity index (χ1v) is 4.92. The second-order valence-corrected chi connectivity index (χ2v) is 5.13. The highest BCUT2D eigenvalue weighted by Gasteiger charge is 2.23. The number of hydrogen-bond donors (Lipinski definition) is 0. The summed E-state index contributed by atoms with van der Waals surface area (Å²) in [5.74, 6) is 0.0498. The first kappa shape index (κ1) is 9.61. The number of carbonyl (C=O) groups excluding carboxylic acids is 1. The van der Waals surface area contributed by atoms with Crippen LogP contribution in [0.1, 0.15) is 25.6 Å². The van der Waals surface area contributed by atoms with Gasteiger partial charge in [0.1, 0.15) is 0 Å². The van der Waals surface area contributed by atoms with Crippen molar-refractivity contribution in [2.75, 3.05) is 0 Å². The minimum absolute atomic E-state index is 0.0498. The van der Waals surface area contributed by atoms with E-state index in [2.05, 4.69) is 0 Å². The van der Waals surface area contributed by atoms with Crippen molar-refractivity contribution < 1.29 is 4.79 Å². The van der Waals surface area contributed by atoms with E-state index >= 15 is 0 Å². The van der Waals surface area contributed by atoms with Gasteiger partial charge in [-0.3, -0.25) is 9.36 Å². The molecule has 0 bridgehead atoms. The first-order valence-electron chi connectivity index (χ1n) is 3.64. The van der Waals surface area contributed by atoms with Crippen LogP contribution in [0.3, 0.4) is 0 Å². The van der Waals surface area contributed by atoms with E-state index in [1.807, 2.05) is 26.2 Å². The Labute approximate surface area is 80.8 Å². The Morgan fingerprint density at radius 1 is 1.58 bits per heavy atom. The van der Waals surface area contributed by atoms with Gasteiger partial charge in [0.05, 0.1) is 0 Å². The summed E-state index contributed by atoms with van der Waals surface area (Å²) >= 11 is 6.40. The standard InChI is InChI=1S/C8H11NOS2/c1-8(2,3)6(10)9-4-5-12-7(9)11/h4-5H,1-3H3. The summed E-state index contributed by atoms with van der Waals surface area (Å²) in [6.07, 6.45) is 1.72. The zero-order valence-corrected chi connectivity index (χ0v) is 8.96. The maximum absolute atomic E-state index is 11.7. The summed E-state index contributed by atoms with van der Waals surface area (Å²) in [6.45, 7) is 5.65. The van der Waals surface area contributed by atoms with Crippen LogP contribution < -0.4 is 0 Å². The summed E-state index contributed by atoms with van der Waals surface area (Å²) < 4.78 is 2.15. The van der Waals surface area contributed by atoms with Crippen LogP contribution in [0.15, 0.2) is 11.6 Å². The van der Waals surface area contributed by atoms with Crippen molar-refractivity contribution in [1.29, 1.82) is 0 Å². The zero-order valence-electron chi connectivity index (χ0n) is 7.33. The fraction of sp³-hybridized carbons (Fsp3) is 0.500. The van der Waals surface area contributed by atoms with E-state index in [0.29, 0.717) is 3.95 Å². The van der Waals surface area contributed by atoms with E-state index < -0.39 is 0 Å². The number of rotatable bonds is 0. The average Bonchev–Trinajstić information content (AvgIpc) is 2.31. The van der Waals surface area contributed by atoms with Gasteiger partial charge in [-0.15, -0.1) is 11.3 Å². The number of hydrogen-bond acceptors (Lipinski definition) is 3. The normalized spacial score (nSPS) is 11.6. The molecule has 1 aromatic rings. The Kier molecular flexibility index (Phi) is 2.49. The monoisotopic (exact) mass is 201 g/mol. The van der Waals surface area contributed by atoms with Crippen LogP contribution in [-0.4, -0.2) is 10.5 Å². The van der Waals surface area contributed by atoms with Crippen molar-refractivity contribution >= 4 is 29.5 Å². The minimum Gasteiger partial charge on any atom is -0.273 e. The van der Waals surface area contributed by atoms with E-state index in [1.165, 1.54) is 15.9 Å². The van der Waals surface area contributed by atoms with E-state index in [4.69, 9.17) is 12.2 Å². The average molecular weight is 201 g/mol. The van der Waals surface area contributed by atoms with Gasteiger partial charge >= 0.3 is 0 Å². The molecule has 1 heterocycles. The van der Waals surface area contributed by atoms with Gasteiger partial charge < -0.3 is 0 Å². The molecule has 0 unspecified atom stereocenters. The molecule has 0 saturated carbocycles. The van der Waals surface area contributed by atoms with Gasteiger partial charge in [0.15, 0.2) is 3.95 Å². The SMILES string of the molecule is CC(C)(C)C(=O)n1ccsc1=S. The Morgan fingerprint density at radius 3 is 2.50 bits per heavy atom. The fourth-order valence-corrected chi connectivity index (χ4v) is 1.65. The molecule has 66 valence electrons.